The van der Waals surface area contributed by atoms with E-state index >= 15 is 0 Å². The summed E-state index contributed by atoms with van der Waals surface area (Å²) >= 11 is 0. The highest BCUT2D eigenvalue weighted by atomic mass is 16.5. The van der Waals surface area contributed by atoms with Gasteiger partial charge < -0.3 is 37.9 Å². The van der Waals surface area contributed by atoms with Gasteiger partial charge in [0.15, 0.2) is 0 Å². The topological polar surface area (TPSA) is 108 Å². The molecule has 0 unspecified atom stereocenters. The van der Waals surface area contributed by atoms with Gasteiger partial charge in [0.05, 0.1) is 50.8 Å². The van der Waals surface area contributed by atoms with Crippen molar-refractivity contribution in [2.24, 2.45) is 10.8 Å². The van der Waals surface area contributed by atoms with E-state index in [2.05, 4.69) is 20.8 Å². The molecule has 3 aliphatic rings. The van der Waals surface area contributed by atoms with Gasteiger partial charge in [0.25, 0.3) is 0 Å². The number of fused-ring (bicyclic) bond motifs is 3. The molecule has 62 heavy (non-hydrogen) atoms. The summed E-state index contributed by atoms with van der Waals surface area (Å²) in [5.74, 6) is 1.55. The van der Waals surface area contributed by atoms with Gasteiger partial charge in [-0.2, -0.15) is 0 Å². The van der Waals surface area contributed by atoms with Gasteiger partial charge in [0, 0.05) is 43.2 Å². The van der Waals surface area contributed by atoms with E-state index in [0.29, 0.717) is 46.7 Å². The lowest BCUT2D eigenvalue weighted by Crippen LogP contribution is -2.40. The fourth-order valence-electron chi connectivity index (χ4n) is 8.02. The first kappa shape index (κ1) is 45.3. The lowest BCUT2D eigenvalue weighted by atomic mass is 9.85. The van der Waals surface area contributed by atoms with Gasteiger partial charge in [0.2, 0.25) is 0 Å². The van der Waals surface area contributed by atoms with Crippen molar-refractivity contribution in [2.75, 3.05) is 66.1 Å². The molecule has 0 amide bonds. The molecule has 2 heterocycles. The summed E-state index contributed by atoms with van der Waals surface area (Å²) in [7, 11) is 0. The maximum Gasteiger partial charge on any atom is 0.343 e. The van der Waals surface area contributed by atoms with Crippen LogP contribution < -0.4 is 18.9 Å². The molecule has 2 aliphatic heterocycles. The highest BCUT2D eigenvalue weighted by Crippen LogP contribution is 2.47. The maximum atomic E-state index is 13.1. The Balaban J connectivity index is 0.782. The predicted molar refractivity (Wildman–Crippen MR) is 239 cm³/mol. The van der Waals surface area contributed by atoms with Crippen molar-refractivity contribution in [1.29, 1.82) is 0 Å². The van der Waals surface area contributed by atoms with Crippen LogP contribution in [0, 0.1) is 10.8 Å². The molecule has 0 atom stereocenters. The Morgan fingerprint density at radius 1 is 0.500 bits per heavy atom. The number of carbonyl (C=O) groups is 2. The molecule has 0 N–H and O–H groups in total. The molecule has 0 bridgehead atoms. The maximum absolute atomic E-state index is 13.1. The Morgan fingerprint density at radius 3 is 1.24 bits per heavy atom. The summed E-state index contributed by atoms with van der Waals surface area (Å²) < 4.78 is 45.7. The van der Waals surface area contributed by atoms with Gasteiger partial charge in [0.1, 0.15) is 23.0 Å². The Labute approximate surface area is 367 Å². The van der Waals surface area contributed by atoms with Crippen LogP contribution in [0.5, 0.6) is 23.0 Å². The smallest absolute Gasteiger partial charge is 0.343 e. The lowest BCUT2D eigenvalue weighted by molar-refractivity contribution is -0.114. The van der Waals surface area contributed by atoms with E-state index in [1.165, 1.54) is 0 Å². The SMILES string of the molecule is CC1c2cc(OC(=O)c3ccc(OCCCCCCOCCC4(C)COC4)cc3)ccc2-c2ccc(OC(=O)c3ccc(OCCCCCCOCCC4(C)COC4)cc3)cc21. The first-order valence-electron chi connectivity index (χ1n) is 22.7. The van der Waals surface area contributed by atoms with Crippen LogP contribution in [0.15, 0.2) is 84.9 Å². The highest BCUT2D eigenvalue weighted by molar-refractivity contribution is 5.92. The molecule has 4 aromatic rings. The minimum absolute atomic E-state index is 0.00862. The summed E-state index contributed by atoms with van der Waals surface area (Å²) in [4.78, 5) is 26.2. The van der Waals surface area contributed by atoms with E-state index in [1.54, 1.807) is 24.3 Å². The van der Waals surface area contributed by atoms with Crippen LogP contribution in [0.2, 0.25) is 0 Å². The zero-order valence-electron chi connectivity index (χ0n) is 36.9. The first-order valence-corrected chi connectivity index (χ1v) is 22.7. The normalized spacial score (nSPS) is 15.8. The summed E-state index contributed by atoms with van der Waals surface area (Å²) in [6.45, 7) is 14.5. The number of unbranched alkanes of at least 4 members (excludes halogenated alkanes) is 6. The second-order valence-electron chi connectivity index (χ2n) is 17.9. The summed E-state index contributed by atoms with van der Waals surface area (Å²) in [6.07, 6.45) is 10.6. The van der Waals surface area contributed by atoms with E-state index in [9.17, 15) is 9.59 Å². The zero-order valence-corrected chi connectivity index (χ0v) is 36.9. The zero-order chi connectivity index (χ0) is 43.2. The minimum atomic E-state index is -0.432. The van der Waals surface area contributed by atoms with Gasteiger partial charge >= 0.3 is 11.9 Å². The predicted octanol–water partition coefficient (Wildman–Crippen LogP) is 11.0. The van der Waals surface area contributed by atoms with Crippen molar-refractivity contribution in [1.82, 2.24) is 0 Å². The van der Waals surface area contributed by atoms with E-state index < -0.39 is 11.9 Å². The molecule has 0 spiro atoms. The van der Waals surface area contributed by atoms with E-state index in [-0.39, 0.29) is 5.92 Å². The molecule has 0 aromatic heterocycles. The lowest BCUT2D eigenvalue weighted by Gasteiger charge is -2.37. The third-order valence-electron chi connectivity index (χ3n) is 12.3. The van der Waals surface area contributed by atoms with Crippen LogP contribution in [0.1, 0.15) is 123 Å². The molecule has 0 saturated carbocycles. The van der Waals surface area contributed by atoms with Crippen molar-refractivity contribution in [2.45, 2.75) is 90.9 Å². The number of benzene rings is 4. The van der Waals surface area contributed by atoms with Crippen molar-refractivity contribution in [3.8, 4) is 34.1 Å². The van der Waals surface area contributed by atoms with Crippen molar-refractivity contribution in [3.05, 3.63) is 107 Å². The van der Waals surface area contributed by atoms with Gasteiger partial charge in [-0.25, -0.2) is 9.59 Å². The Hall–Kier alpha value is -4.74. The molecular weight excluding hydrogens is 785 g/mol. The van der Waals surface area contributed by atoms with Gasteiger partial charge in [-0.05, 0) is 146 Å². The molecule has 1 aliphatic carbocycles. The standard InChI is InChI=1S/C52H64O10/c1-38-47-32-43(61-49(53)39-12-16-41(17-13-39)59-28-10-6-4-8-26-55-30-24-51(2)34-57-35-51)20-22-45(47)46-23-21-44(33-48(38)46)62-50(54)40-14-18-42(19-15-40)60-29-11-7-5-9-27-56-31-25-52(3)36-58-37-52/h12-23,32-33,38H,4-11,24-31,34-37H2,1-3H3. The molecule has 2 saturated heterocycles. The average molecular weight is 849 g/mol. The third-order valence-corrected chi connectivity index (χ3v) is 12.3. The molecule has 7 rings (SSSR count). The van der Waals surface area contributed by atoms with Crippen LogP contribution in [0.3, 0.4) is 0 Å². The van der Waals surface area contributed by atoms with Crippen LogP contribution in [0.4, 0.5) is 0 Å². The number of rotatable bonds is 26. The van der Waals surface area contributed by atoms with E-state index in [1.807, 2.05) is 60.7 Å². The number of esters is 2. The van der Waals surface area contributed by atoms with Crippen LogP contribution in [-0.4, -0.2) is 78.0 Å². The van der Waals surface area contributed by atoms with E-state index in [4.69, 9.17) is 37.9 Å². The monoisotopic (exact) mass is 848 g/mol. The largest absolute Gasteiger partial charge is 0.494 e. The molecular formula is C52H64O10. The van der Waals surface area contributed by atoms with Crippen LogP contribution in [0.25, 0.3) is 11.1 Å². The molecule has 332 valence electrons. The molecule has 4 aromatic carbocycles. The van der Waals surface area contributed by atoms with Gasteiger partial charge in [-0.1, -0.05) is 45.7 Å². The van der Waals surface area contributed by atoms with Crippen LogP contribution in [-0.2, 0) is 18.9 Å². The first-order chi connectivity index (χ1) is 30.2. The molecule has 0 radical (unpaired) electrons. The fourth-order valence-corrected chi connectivity index (χ4v) is 8.02. The number of hydrogen-bond donors (Lipinski definition) is 0. The Morgan fingerprint density at radius 2 is 0.871 bits per heavy atom. The number of carbonyl (C=O) groups excluding carboxylic acids is 2. The molecule has 10 heteroatoms. The van der Waals surface area contributed by atoms with E-state index in [0.717, 1.165) is 151 Å². The quantitative estimate of drug-likeness (QED) is 0.0344. The minimum Gasteiger partial charge on any atom is -0.494 e. The Kier molecular flexibility index (Phi) is 16.1. The van der Waals surface area contributed by atoms with Crippen molar-refractivity contribution < 1.29 is 47.5 Å². The van der Waals surface area contributed by atoms with Crippen LogP contribution >= 0.6 is 0 Å². The van der Waals surface area contributed by atoms with Gasteiger partial charge in [-0.3, -0.25) is 0 Å². The Bertz CT molecular complexity index is 1900. The van der Waals surface area contributed by atoms with Gasteiger partial charge in [-0.15, -0.1) is 0 Å². The molecule has 2 fully saturated rings. The fraction of sp³-hybridized carbons (Fsp3) is 0.500. The second kappa shape index (κ2) is 22.1. The average Bonchev–Trinajstić information content (AvgIpc) is 3.53. The number of ether oxygens (including phenoxy) is 8. The summed E-state index contributed by atoms with van der Waals surface area (Å²) in [6, 6.07) is 25.6. The summed E-state index contributed by atoms with van der Waals surface area (Å²) in [5.41, 5.74) is 5.75. The third kappa shape index (κ3) is 12.7. The summed E-state index contributed by atoms with van der Waals surface area (Å²) in [5, 5.41) is 0. The second-order valence-corrected chi connectivity index (χ2v) is 17.9. The number of hydrogen-bond acceptors (Lipinski definition) is 10. The highest BCUT2D eigenvalue weighted by Gasteiger charge is 2.33. The molecule has 10 nitrogen and oxygen atoms in total. The van der Waals surface area contributed by atoms with Crippen molar-refractivity contribution in [3.63, 3.8) is 0 Å². The van der Waals surface area contributed by atoms with Crippen molar-refractivity contribution >= 4 is 11.9 Å².